The van der Waals surface area contributed by atoms with E-state index in [4.69, 9.17) is 9.47 Å². The van der Waals surface area contributed by atoms with Gasteiger partial charge in [0.1, 0.15) is 5.75 Å². The largest absolute Gasteiger partial charge is 0.478 e. The zero-order valence-corrected chi connectivity index (χ0v) is 15.0. The molecule has 1 aromatic heterocycles. The molecular formula is C21H20N2O4. The fraction of sp³-hybridized carbons (Fsp3) is 0.238. The predicted molar refractivity (Wildman–Crippen MR) is 102 cm³/mol. The molecule has 0 radical (unpaired) electrons. The van der Waals surface area contributed by atoms with Crippen molar-refractivity contribution in [2.24, 2.45) is 0 Å². The number of carbonyl (C=O) groups excluding carboxylic acids is 2. The van der Waals surface area contributed by atoms with Gasteiger partial charge in [-0.25, -0.2) is 4.79 Å². The minimum atomic E-state index is -0.565. The Morgan fingerprint density at radius 3 is 2.96 bits per heavy atom. The standard InChI is InChI=1S/C21H20N2O4/c1-26-21(25)19-8-6-13-10-15(7-9-18(13)27-19)23-20(24)11-14-12-22-17-5-3-2-4-16(14)17/h2-5,7,9-10,12,19,22H,6,8,11H2,1H3,(H,23,24). The maximum atomic E-state index is 12.5. The van der Waals surface area contributed by atoms with Gasteiger partial charge in [0.25, 0.3) is 0 Å². The summed E-state index contributed by atoms with van der Waals surface area (Å²) in [5.74, 6) is 0.215. The Kier molecular flexibility index (Phi) is 4.54. The molecule has 4 rings (SSSR count). The summed E-state index contributed by atoms with van der Waals surface area (Å²) in [5, 5.41) is 4.00. The quantitative estimate of drug-likeness (QED) is 0.697. The Bertz CT molecular complexity index is 1010. The van der Waals surface area contributed by atoms with Crippen LogP contribution in [0.2, 0.25) is 0 Å². The number of anilines is 1. The van der Waals surface area contributed by atoms with Crippen molar-refractivity contribution in [3.05, 3.63) is 59.8 Å². The highest BCUT2D eigenvalue weighted by Gasteiger charge is 2.27. The molecule has 138 valence electrons. The number of aryl methyl sites for hydroxylation is 1. The molecule has 1 amide bonds. The summed E-state index contributed by atoms with van der Waals surface area (Å²) in [6, 6.07) is 13.4. The zero-order chi connectivity index (χ0) is 18.8. The van der Waals surface area contributed by atoms with Crippen molar-refractivity contribution < 1.29 is 19.1 Å². The van der Waals surface area contributed by atoms with Gasteiger partial charge in [-0.1, -0.05) is 18.2 Å². The van der Waals surface area contributed by atoms with Crippen molar-refractivity contribution >= 4 is 28.5 Å². The van der Waals surface area contributed by atoms with Crippen molar-refractivity contribution in [2.75, 3.05) is 12.4 Å². The molecule has 2 heterocycles. The summed E-state index contributed by atoms with van der Waals surface area (Å²) in [6.45, 7) is 0. The van der Waals surface area contributed by atoms with E-state index in [1.165, 1.54) is 7.11 Å². The number of amides is 1. The number of H-pyrrole nitrogens is 1. The Morgan fingerprint density at radius 2 is 2.11 bits per heavy atom. The molecule has 1 aliphatic rings. The molecule has 3 aromatic rings. The monoisotopic (exact) mass is 364 g/mol. The van der Waals surface area contributed by atoms with Crippen LogP contribution in [0.25, 0.3) is 10.9 Å². The number of para-hydroxylation sites is 1. The number of methoxy groups -OCH3 is 1. The number of aromatic nitrogens is 1. The molecule has 0 spiro atoms. The van der Waals surface area contributed by atoms with E-state index in [2.05, 4.69) is 10.3 Å². The summed E-state index contributed by atoms with van der Waals surface area (Å²) in [5.41, 5.74) is 3.68. The van der Waals surface area contributed by atoms with Crippen LogP contribution in [0.15, 0.2) is 48.7 Å². The first-order valence-corrected chi connectivity index (χ1v) is 8.86. The van der Waals surface area contributed by atoms with Crippen LogP contribution in [-0.2, 0) is 27.2 Å². The summed E-state index contributed by atoms with van der Waals surface area (Å²) in [6.07, 6.45) is 2.86. The average molecular weight is 364 g/mol. The van der Waals surface area contributed by atoms with Gasteiger partial charge < -0.3 is 19.8 Å². The van der Waals surface area contributed by atoms with Crippen LogP contribution in [0.5, 0.6) is 5.75 Å². The molecule has 6 nitrogen and oxygen atoms in total. The molecule has 0 bridgehead atoms. The van der Waals surface area contributed by atoms with E-state index in [-0.39, 0.29) is 11.9 Å². The Balaban J connectivity index is 1.44. The molecule has 2 N–H and O–H groups in total. The number of esters is 1. The van der Waals surface area contributed by atoms with Crippen molar-refractivity contribution in [2.45, 2.75) is 25.4 Å². The van der Waals surface area contributed by atoms with Crippen molar-refractivity contribution in [1.82, 2.24) is 4.98 Å². The minimum Gasteiger partial charge on any atom is -0.478 e. The topological polar surface area (TPSA) is 80.4 Å². The maximum Gasteiger partial charge on any atom is 0.347 e. The molecule has 2 aromatic carbocycles. The molecule has 1 atom stereocenters. The Labute approximate surface area is 156 Å². The molecule has 1 aliphatic heterocycles. The van der Waals surface area contributed by atoms with Gasteiger partial charge in [-0.05, 0) is 48.2 Å². The lowest BCUT2D eigenvalue weighted by molar-refractivity contribution is -0.149. The van der Waals surface area contributed by atoms with Gasteiger partial charge in [-0.15, -0.1) is 0 Å². The van der Waals surface area contributed by atoms with Crippen molar-refractivity contribution in [3.63, 3.8) is 0 Å². The fourth-order valence-electron chi connectivity index (χ4n) is 3.42. The summed E-state index contributed by atoms with van der Waals surface area (Å²) in [4.78, 5) is 27.3. The van der Waals surface area contributed by atoms with E-state index in [0.717, 1.165) is 27.7 Å². The highest BCUT2D eigenvalue weighted by molar-refractivity contribution is 5.95. The Hall–Kier alpha value is -3.28. The van der Waals surface area contributed by atoms with Gasteiger partial charge in [0.05, 0.1) is 13.5 Å². The van der Waals surface area contributed by atoms with Crippen molar-refractivity contribution in [3.8, 4) is 5.75 Å². The van der Waals surface area contributed by atoms with E-state index < -0.39 is 6.10 Å². The average Bonchev–Trinajstić information content (AvgIpc) is 3.09. The first-order valence-electron chi connectivity index (χ1n) is 8.86. The van der Waals surface area contributed by atoms with Crippen LogP contribution in [0.4, 0.5) is 5.69 Å². The SMILES string of the molecule is COC(=O)C1CCc2cc(NC(=O)Cc3c[nH]c4ccccc34)ccc2O1. The van der Waals surface area contributed by atoms with Gasteiger partial charge in [0, 0.05) is 22.8 Å². The molecular weight excluding hydrogens is 344 g/mol. The van der Waals surface area contributed by atoms with E-state index >= 15 is 0 Å². The lowest BCUT2D eigenvalue weighted by atomic mass is 10.0. The van der Waals surface area contributed by atoms with Crippen LogP contribution in [0.3, 0.4) is 0 Å². The predicted octanol–water partition coefficient (Wildman–Crippen LogP) is 3.22. The number of carbonyl (C=O) groups is 2. The van der Waals surface area contributed by atoms with Crippen LogP contribution >= 0.6 is 0 Å². The first-order chi connectivity index (χ1) is 13.1. The zero-order valence-electron chi connectivity index (χ0n) is 15.0. The third kappa shape index (κ3) is 3.51. The molecule has 1 unspecified atom stereocenters. The van der Waals surface area contributed by atoms with Gasteiger partial charge >= 0.3 is 5.97 Å². The van der Waals surface area contributed by atoms with Gasteiger partial charge in [0.2, 0.25) is 5.91 Å². The molecule has 27 heavy (non-hydrogen) atoms. The number of fused-ring (bicyclic) bond motifs is 2. The third-order valence-electron chi connectivity index (χ3n) is 4.78. The summed E-state index contributed by atoms with van der Waals surface area (Å²) >= 11 is 0. The maximum absolute atomic E-state index is 12.5. The van der Waals surface area contributed by atoms with Gasteiger partial charge in [0.15, 0.2) is 6.10 Å². The highest BCUT2D eigenvalue weighted by atomic mass is 16.6. The van der Waals surface area contributed by atoms with Crippen LogP contribution in [-0.4, -0.2) is 30.1 Å². The third-order valence-corrected chi connectivity index (χ3v) is 4.78. The molecule has 6 heteroatoms. The van der Waals surface area contributed by atoms with E-state index in [0.29, 0.717) is 25.0 Å². The van der Waals surface area contributed by atoms with E-state index in [1.54, 1.807) is 12.1 Å². The van der Waals surface area contributed by atoms with Gasteiger partial charge in [-0.2, -0.15) is 0 Å². The number of ether oxygens (including phenoxy) is 2. The van der Waals surface area contributed by atoms with Crippen LogP contribution in [0, 0.1) is 0 Å². The smallest absolute Gasteiger partial charge is 0.347 e. The number of rotatable bonds is 4. The molecule has 0 saturated heterocycles. The van der Waals surface area contributed by atoms with Crippen LogP contribution in [0.1, 0.15) is 17.5 Å². The highest BCUT2D eigenvalue weighted by Crippen LogP contribution is 2.30. The lowest BCUT2D eigenvalue weighted by Crippen LogP contribution is -2.32. The molecule has 0 saturated carbocycles. The second kappa shape index (κ2) is 7.15. The van der Waals surface area contributed by atoms with Crippen LogP contribution < -0.4 is 10.1 Å². The number of aromatic amines is 1. The first kappa shape index (κ1) is 17.1. The van der Waals surface area contributed by atoms with Crippen molar-refractivity contribution in [1.29, 1.82) is 0 Å². The second-order valence-corrected chi connectivity index (χ2v) is 6.58. The second-order valence-electron chi connectivity index (χ2n) is 6.58. The van der Waals surface area contributed by atoms with E-state index in [1.807, 2.05) is 36.5 Å². The number of nitrogens with one attached hydrogen (secondary N) is 2. The fourth-order valence-corrected chi connectivity index (χ4v) is 3.42. The molecule has 0 fully saturated rings. The minimum absolute atomic E-state index is 0.0798. The Morgan fingerprint density at radius 1 is 1.26 bits per heavy atom. The van der Waals surface area contributed by atoms with E-state index in [9.17, 15) is 9.59 Å². The number of hydrogen-bond acceptors (Lipinski definition) is 4. The normalized spacial score (nSPS) is 15.7. The molecule has 0 aliphatic carbocycles. The number of benzene rings is 2. The summed E-state index contributed by atoms with van der Waals surface area (Å²) < 4.78 is 10.4. The number of hydrogen-bond donors (Lipinski definition) is 2. The van der Waals surface area contributed by atoms with Gasteiger partial charge in [-0.3, -0.25) is 4.79 Å². The lowest BCUT2D eigenvalue weighted by Gasteiger charge is -2.24. The summed E-state index contributed by atoms with van der Waals surface area (Å²) in [7, 11) is 1.35.